The van der Waals surface area contributed by atoms with Crippen LogP contribution in [0.1, 0.15) is 32.6 Å². The lowest BCUT2D eigenvalue weighted by Crippen LogP contribution is -2.39. The largest absolute Gasteiger partial charge is 0.448 e. The molecule has 1 rings (SSSR count). The number of rotatable bonds is 8. The molecule has 0 bridgehead atoms. The van der Waals surface area contributed by atoms with Crippen LogP contribution in [0, 0.1) is 0 Å². The van der Waals surface area contributed by atoms with E-state index >= 15 is 0 Å². The third-order valence-corrected chi connectivity index (χ3v) is 5.12. The molecule has 0 aliphatic carbocycles. The van der Waals surface area contributed by atoms with Crippen LogP contribution in [0.4, 0.5) is 13.2 Å². The molecule has 0 aliphatic rings. The molecule has 0 amide bonds. The number of hydrogen-bond donors (Lipinski definition) is 1. The molecular weight excluding hydrogens is 380 g/mol. The average molecular weight is 402 g/mol. The summed E-state index contributed by atoms with van der Waals surface area (Å²) in [4.78, 5) is 12.5. The van der Waals surface area contributed by atoms with E-state index in [0.717, 1.165) is 23.0 Å². The third kappa shape index (κ3) is 6.07. The fraction of sp³-hybridized carbons (Fsp3) is 0.500. The van der Waals surface area contributed by atoms with Gasteiger partial charge in [0.05, 0.1) is 5.56 Å². The maximum atomic E-state index is 13.1. The van der Waals surface area contributed by atoms with Crippen molar-refractivity contribution in [3.05, 3.63) is 33.9 Å². The lowest BCUT2D eigenvalue weighted by atomic mass is 9.74. The Morgan fingerprint density at radius 1 is 1.04 bits per heavy atom. The third-order valence-electron chi connectivity index (χ3n) is 4.40. The van der Waals surface area contributed by atoms with Crippen molar-refractivity contribution in [1.29, 1.82) is 0 Å². The molecular formula is C14H21B4F3O5S. The standard InChI is InChI=1S/C14H21B4F3O5S/c15-2-7-1-8(10(4-17)11(5-18)9(7)3-16)13(22)26-12(14(19,20)21)6-27(23,24)25/h1,12H,2-6,15-18H2,(H,23,24,25). The van der Waals surface area contributed by atoms with Crippen molar-refractivity contribution in [3.63, 3.8) is 0 Å². The van der Waals surface area contributed by atoms with E-state index in [-0.39, 0.29) is 5.56 Å². The molecule has 1 unspecified atom stereocenters. The van der Waals surface area contributed by atoms with Crippen molar-refractivity contribution in [2.24, 2.45) is 0 Å². The van der Waals surface area contributed by atoms with Gasteiger partial charge in [0.15, 0.2) is 0 Å². The molecule has 1 aromatic carbocycles. The molecule has 0 saturated carbocycles. The van der Waals surface area contributed by atoms with Crippen LogP contribution < -0.4 is 0 Å². The fourth-order valence-corrected chi connectivity index (χ4v) is 3.87. The van der Waals surface area contributed by atoms with E-state index in [2.05, 4.69) is 4.74 Å². The number of hydrogen-bond acceptors (Lipinski definition) is 4. The molecule has 0 saturated heterocycles. The SMILES string of the molecule is BCc1cc(C(=O)OC(CS(=O)(=O)O)C(F)(F)F)c(CB)c(CB)c1CB. The first-order valence-corrected chi connectivity index (χ1v) is 10.4. The van der Waals surface area contributed by atoms with E-state index in [1.54, 1.807) is 7.85 Å². The molecule has 1 aromatic rings. The minimum absolute atomic E-state index is 0.00740. The minimum Gasteiger partial charge on any atom is -0.448 e. The van der Waals surface area contributed by atoms with Crippen LogP contribution in [0.3, 0.4) is 0 Å². The topological polar surface area (TPSA) is 80.7 Å². The Hall–Kier alpha value is -1.35. The Morgan fingerprint density at radius 2 is 1.56 bits per heavy atom. The first kappa shape index (κ1) is 23.7. The Labute approximate surface area is 160 Å². The van der Waals surface area contributed by atoms with Gasteiger partial charge in [-0.3, -0.25) is 4.55 Å². The van der Waals surface area contributed by atoms with Crippen molar-refractivity contribution in [1.82, 2.24) is 0 Å². The number of halogens is 3. The summed E-state index contributed by atoms with van der Waals surface area (Å²) >= 11 is 0. The minimum atomic E-state index is -5.12. The van der Waals surface area contributed by atoms with Crippen LogP contribution in [0.5, 0.6) is 0 Å². The molecule has 0 aromatic heterocycles. The summed E-state index contributed by atoms with van der Waals surface area (Å²) in [5.41, 5.74) is 3.43. The first-order valence-electron chi connectivity index (χ1n) is 8.78. The van der Waals surface area contributed by atoms with Crippen LogP contribution in [0.25, 0.3) is 0 Å². The second-order valence-corrected chi connectivity index (χ2v) is 7.61. The van der Waals surface area contributed by atoms with E-state index in [1.165, 1.54) is 6.07 Å². The number of ether oxygens (including phenoxy) is 1. The van der Waals surface area contributed by atoms with Crippen LogP contribution in [-0.2, 0) is 40.1 Å². The van der Waals surface area contributed by atoms with Crippen LogP contribution in [0.15, 0.2) is 6.07 Å². The van der Waals surface area contributed by atoms with E-state index in [0.29, 0.717) is 24.5 Å². The van der Waals surface area contributed by atoms with Gasteiger partial charge < -0.3 is 4.74 Å². The van der Waals surface area contributed by atoms with Gasteiger partial charge in [-0.25, -0.2) is 4.79 Å². The average Bonchev–Trinajstić information content (AvgIpc) is 2.56. The summed E-state index contributed by atoms with van der Waals surface area (Å²) in [6, 6.07) is 1.53. The highest BCUT2D eigenvalue weighted by Gasteiger charge is 2.45. The molecule has 27 heavy (non-hydrogen) atoms. The van der Waals surface area contributed by atoms with Crippen molar-refractivity contribution in [3.8, 4) is 0 Å². The second kappa shape index (κ2) is 9.23. The molecule has 1 N–H and O–H groups in total. The molecule has 13 heteroatoms. The van der Waals surface area contributed by atoms with Gasteiger partial charge in [-0.05, 0) is 17.2 Å². The van der Waals surface area contributed by atoms with Gasteiger partial charge in [0, 0.05) is 0 Å². The number of carbonyl (C=O) groups is 1. The monoisotopic (exact) mass is 402 g/mol. The lowest BCUT2D eigenvalue weighted by Gasteiger charge is -2.23. The molecule has 146 valence electrons. The molecule has 1 atom stereocenters. The summed E-state index contributed by atoms with van der Waals surface area (Å²) in [6.45, 7) is 0. The van der Waals surface area contributed by atoms with E-state index < -0.39 is 34.1 Å². The highest BCUT2D eigenvalue weighted by Crippen LogP contribution is 2.28. The van der Waals surface area contributed by atoms with Gasteiger partial charge in [0.1, 0.15) is 37.1 Å². The predicted octanol–water partition coefficient (Wildman–Crippen LogP) is -1.81. The lowest BCUT2D eigenvalue weighted by molar-refractivity contribution is -0.197. The van der Waals surface area contributed by atoms with Crippen molar-refractivity contribution in [2.75, 3.05) is 5.75 Å². The number of esters is 1. The van der Waals surface area contributed by atoms with Gasteiger partial charge in [-0.2, -0.15) is 21.6 Å². The van der Waals surface area contributed by atoms with Gasteiger partial charge in [-0.15, -0.1) is 0 Å². The first-order chi connectivity index (χ1) is 12.4. The Morgan fingerprint density at radius 3 is 1.93 bits per heavy atom. The van der Waals surface area contributed by atoms with Crippen molar-refractivity contribution >= 4 is 47.5 Å². The molecule has 0 spiro atoms. The zero-order chi connectivity index (χ0) is 21.0. The number of benzene rings is 1. The summed E-state index contributed by atoms with van der Waals surface area (Å²) in [5, 5.41) is 0. The summed E-state index contributed by atoms with van der Waals surface area (Å²) in [6.07, 6.45) is -5.72. The quantitative estimate of drug-likeness (QED) is 0.316. The zero-order valence-electron chi connectivity index (χ0n) is 15.8. The summed E-state index contributed by atoms with van der Waals surface area (Å²) < 4.78 is 74.2. The molecule has 0 heterocycles. The van der Waals surface area contributed by atoms with Crippen LogP contribution >= 0.6 is 0 Å². The van der Waals surface area contributed by atoms with Crippen molar-refractivity contribution < 1.29 is 35.7 Å². The Bertz CT molecular complexity index is 799. The zero-order valence-corrected chi connectivity index (χ0v) is 16.6. The maximum Gasteiger partial charge on any atom is 0.426 e. The van der Waals surface area contributed by atoms with Gasteiger partial charge in [0.2, 0.25) is 6.10 Å². The van der Waals surface area contributed by atoms with E-state index in [4.69, 9.17) is 4.55 Å². The second-order valence-electron chi connectivity index (χ2n) is 6.12. The maximum absolute atomic E-state index is 13.1. The fourth-order valence-electron chi connectivity index (χ4n) is 3.23. The smallest absolute Gasteiger partial charge is 0.426 e. The van der Waals surface area contributed by atoms with Gasteiger partial charge in [-0.1, -0.05) is 36.4 Å². The highest BCUT2D eigenvalue weighted by atomic mass is 32.2. The molecule has 5 nitrogen and oxygen atoms in total. The van der Waals surface area contributed by atoms with E-state index in [1.807, 2.05) is 23.5 Å². The van der Waals surface area contributed by atoms with Crippen LogP contribution in [-0.4, -0.2) is 68.4 Å². The normalized spacial score (nSPS) is 13.3. The highest BCUT2D eigenvalue weighted by molar-refractivity contribution is 7.85. The van der Waals surface area contributed by atoms with Crippen LogP contribution in [0.2, 0.25) is 0 Å². The Kier molecular flexibility index (Phi) is 8.10. The van der Waals surface area contributed by atoms with Crippen molar-refractivity contribution in [2.45, 2.75) is 37.6 Å². The van der Waals surface area contributed by atoms with E-state index in [9.17, 15) is 26.4 Å². The predicted molar refractivity (Wildman–Crippen MR) is 107 cm³/mol. The summed E-state index contributed by atoms with van der Waals surface area (Å²) in [7, 11) is 2.56. The number of alkyl halides is 3. The number of carbonyl (C=O) groups excluding carboxylic acids is 1. The van der Waals surface area contributed by atoms with Gasteiger partial charge in [0.25, 0.3) is 10.1 Å². The Balaban J connectivity index is 3.44. The van der Waals surface area contributed by atoms with Gasteiger partial charge >= 0.3 is 12.1 Å². The molecule has 0 radical (unpaired) electrons. The molecule has 0 fully saturated rings. The summed E-state index contributed by atoms with van der Waals surface area (Å²) in [5.74, 6) is -2.98. The molecule has 0 aliphatic heterocycles.